The standard InChI is InChI=1S/C14H22N2O3/c17-11(18)3-1-8-15-13(19)16-9-14(6-2-7-14)12(16)10-4-5-10/h10,12H,1-9H2,(H,15,19)(H,17,18). The predicted octanol–water partition coefficient (Wildman–Crippen LogP) is 1.83. The number of rotatable bonds is 5. The van der Waals surface area contributed by atoms with Gasteiger partial charge in [0.1, 0.15) is 0 Å². The molecule has 106 valence electrons. The number of nitrogens with one attached hydrogen (secondary N) is 1. The Bertz CT molecular complexity index is 388. The lowest BCUT2D eigenvalue weighted by molar-refractivity contribution is -0.137. The number of nitrogens with zero attached hydrogens (tertiary/aromatic N) is 1. The molecule has 3 aliphatic rings. The Labute approximate surface area is 113 Å². The van der Waals surface area contributed by atoms with Crippen LogP contribution < -0.4 is 5.32 Å². The highest BCUT2D eigenvalue weighted by molar-refractivity contribution is 5.76. The highest BCUT2D eigenvalue weighted by Gasteiger charge is 2.61. The molecule has 0 aromatic carbocycles. The number of carbonyl (C=O) groups excluding carboxylic acids is 1. The number of amides is 2. The van der Waals surface area contributed by atoms with Gasteiger partial charge in [-0.3, -0.25) is 4.79 Å². The Kier molecular flexibility index (Phi) is 3.15. The molecule has 0 radical (unpaired) electrons. The minimum Gasteiger partial charge on any atom is -0.481 e. The van der Waals surface area contributed by atoms with Crippen molar-refractivity contribution >= 4 is 12.0 Å². The molecule has 5 nitrogen and oxygen atoms in total. The molecule has 0 aromatic rings. The molecular weight excluding hydrogens is 244 g/mol. The molecule has 2 saturated carbocycles. The van der Waals surface area contributed by atoms with Crippen LogP contribution in [-0.4, -0.2) is 41.1 Å². The second-order valence-electron chi connectivity index (χ2n) is 6.36. The third-order valence-corrected chi connectivity index (χ3v) is 4.97. The van der Waals surface area contributed by atoms with Crippen LogP contribution in [0.4, 0.5) is 4.79 Å². The molecule has 2 N–H and O–H groups in total. The highest BCUT2D eigenvalue weighted by Crippen LogP contribution is 2.59. The molecule has 1 atom stereocenters. The number of likely N-dealkylation sites (tertiary alicyclic amines) is 1. The molecule has 1 unspecified atom stereocenters. The van der Waals surface area contributed by atoms with Crippen LogP contribution in [0.5, 0.6) is 0 Å². The fraction of sp³-hybridized carbons (Fsp3) is 0.857. The summed E-state index contributed by atoms with van der Waals surface area (Å²) in [6, 6.07) is 0.487. The zero-order chi connectivity index (χ0) is 13.5. The van der Waals surface area contributed by atoms with Gasteiger partial charge in [0, 0.05) is 31.0 Å². The van der Waals surface area contributed by atoms with E-state index in [4.69, 9.17) is 5.11 Å². The Hall–Kier alpha value is -1.26. The second-order valence-corrected chi connectivity index (χ2v) is 6.36. The monoisotopic (exact) mass is 266 g/mol. The summed E-state index contributed by atoms with van der Waals surface area (Å²) in [4.78, 5) is 24.5. The number of carboxylic acid groups (broad SMARTS) is 1. The molecule has 2 aliphatic carbocycles. The van der Waals surface area contributed by atoms with Gasteiger partial charge in [-0.15, -0.1) is 0 Å². The maximum Gasteiger partial charge on any atom is 0.317 e. The van der Waals surface area contributed by atoms with E-state index < -0.39 is 5.97 Å². The van der Waals surface area contributed by atoms with Crippen molar-refractivity contribution in [2.24, 2.45) is 11.3 Å². The normalized spacial score (nSPS) is 27.6. The SMILES string of the molecule is O=C(O)CCCNC(=O)N1CC2(CCC2)C1C1CC1. The van der Waals surface area contributed by atoms with Gasteiger partial charge < -0.3 is 15.3 Å². The number of urea groups is 1. The van der Waals surface area contributed by atoms with Crippen LogP contribution >= 0.6 is 0 Å². The van der Waals surface area contributed by atoms with E-state index in [0.29, 0.717) is 24.4 Å². The molecule has 19 heavy (non-hydrogen) atoms. The van der Waals surface area contributed by atoms with Crippen LogP contribution in [0.15, 0.2) is 0 Å². The molecule has 5 heteroatoms. The van der Waals surface area contributed by atoms with Gasteiger partial charge in [0.15, 0.2) is 0 Å². The van der Waals surface area contributed by atoms with Crippen molar-refractivity contribution in [3.63, 3.8) is 0 Å². The average Bonchev–Trinajstić information content (AvgIpc) is 3.05. The quantitative estimate of drug-likeness (QED) is 0.746. The van der Waals surface area contributed by atoms with Gasteiger partial charge in [0.25, 0.3) is 0 Å². The molecule has 0 aromatic heterocycles. The van der Waals surface area contributed by atoms with Crippen molar-refractivity contribution in [3.05, 3.63) is 0 Å². The van der Waals surface area contributed by atoms with Crippen LogP contribution in [-0.2, 0) is 4.79 Å². The average molecular weight is 266 g/mol. The van der Waals surface area contributed by atoms with E-state index >= 15 is 0 Å². The smallest absolute Gasteiger partial charge is 0.317 e. The maximum absolute atomic E-state index is 12.1. The Morgan fingerprint density at radius 1 is 1.32 bits per heavy atom. The second kappa shape index (κ2) is 4.69. The van der Waals surface area contributed by atoms with Crippen LogP contribution in [0.3, 0.4) is 0 Å². The van der Waals surface area contributed by atoms with Crippen LogP contribution in [0.25, 0.3) is 0 Å². The zero-order valence-corrected chi connectivity index (χ0v) is 11.2. The molecule has 1 aliphatic heterocycles. The first-order valence-corrected chi connectivity index (χ1v) is 7.39. The fourth-order valence-corrected chi connectivity index (χ4v) is 3.74. The van der Waals surface area contributed by atoms with E-state index in [9.17, 15) is 9.59 Å². The molecule has 1 spiro atoms. The van der Waals surface area contributed by atoms with Crippen molar-refractivity contribution in [1.29, 1.82) is 0 Å². The van der Waals surface area contributed by atoms with Crippen LogP contribution in [0.2, 0.25) is 0 Å². The third kappa shape index (κ3) is 2.30. The maximum atomic E-state index is 12.1. The summed E-state index contributed by atoms with van der Waals surface area (Å²) in [7, 11) is 0. The van der Waals surface area contributed by atoms with E-state index in [2.05, 4.69) is 5.32 Å². The molecule has 3 rings (SSSR count). The lowest BCUT2D eigenvalue weighted by atomic mass is 9.57. The van der Waals surface area contributed by atoms with Crippen molar-refractivity contribution in [1.82, 2.24) is 10.2 Å². The summed E-state index contributed by atoms with van der Waals surface area (Å²) in [5.41, 5.74) is 0.458. The third-order valence-electron chi connectivity index (χ3n) is 4.97. The molecule has 1 heterocycles. The zero-order valence-electron chi connectivity index (χ0n) is 11.2. The number of hydrogen-bond donors (Lipinski definition) is 2. The van der Waals surface area contributed by atoms with E-state index in [1.165, 1.54) is 32.1 Å². The van der Waals surface area contributed by atoms with E-state index in [-0.39, 0.29) is 12.5 Å². The molecular formula is C14H22N2O3. The van der Waals surface area contributed by atoms with Crippen molar-refractivity contribution in [2.75, 3.05) is 13.1 Å². The summed E-state index contributed by atoms with van der Waals surface area (Å²) in [5.74, 6) is -0.0682. The Morgan fingerprint density at radius 2 is 2.05 bits per heavy atom. The first kappa shape index (κ1) is 12.8. The van der Waals surface area contributed by atoms with E-state index in [1.807, 2.05) is 4.90 Å². The van der Waals surface area contributed by atoms with Gasteiger partial charge >= 0.3 is 12.0 Å². The molecule has 2 amide bonds. The molecule has 0 bridgehead atoms. The van der Waals surface area contributed by atoms with Crippen LogP contribution in [0, 0.1) is 11.3 Å². The Balaban J connectivity index is 1.46. The fourth-order valence-electron chi connectivity index (χ4n) is 3.74. The lowest BCUT2D eigenvalue weighted by Crippen LogP contribution is -2.71. The molecule has 1 saturated heterocycles. The summed E-state index contributed by atoms with van der Waals surface area (Å²) >= 11 is 0. The van der Waals surface area contributed by atoms with Crippen molar-refractivity contribution in [2.45, 2.75) is 51.0 Å². The highest BCUT2D eigenvalue weighted by atomic mass is 16.4. The minimum atomic E-state index is -0.803. The predicted molar refractivity (Wildman–Crippen MR) is 69.8 cm³/mol. The Morgan fingerprint density at radius 3 is 2.58 bits per heavy atom. The first-order valence-electron chi connectivity index (χ1n) is 7.39. The molecule has 3 fully saturated rings. The summed E-state index contributed by atoms with van der Waals surface area (Å²) in [6.07, 6.45) is 7.07. The number of carbonyl (C=O) groups is 2. The van der Waals surface area contributed by atoms with Crippen molar-refractivity contribution < 1.29 is 14.7 Å². The summed E-state index contributed by atoms with van der Waals surface area (Å²) < 4.78 is 0. The largest absolute Gasteiger partial charge is 0.481 e. The van der Waals surface area contributed by atoms with Crippen molar-refractivity contribution in [3.8, 4) is 0 Å². The van der Waals surface area contributed by atoms with Gasteiger partial charge in [-0.05, 0) is 38.0 Å². The number of carboxylic acids is 1. The van der Waals surface area contributed by atoms with E-state index in [1.54, 1.807) is 0 Å². The number of hydrogen-bond acceptors (Lipinski definition) is 2. The van der Waals surface area contributed by atoms with Crippen LogP contribution in [0.1, 0.15) is 44.9 Å². The van der Waals surface area contributed by atoms with Gasteiger partial charge in [0.05, 0.1) is 0 Å². The minimum absolute atomic E-state index is 0.0137. The summed E-state index contributed by atoms with van der Waals surface area (Å²) in [5, 5.41) is 11.4. The van der Waals surface area contributed by atoms with E-state index in [0.717, 1.165) is 12.5 Å². The number of aliphatic carboxylic acids is 1. The van der Waals surface area contributed by atoms with Gasteiger partial charge in [-0.2, -0.15) is 0 Å². The first-order chi connectivity index (χ1) is 9.12. The van der Waals surface area contributed by atoms with Gasteiger partial charge in [-0.1, -0.05) is 6.42 Å². The van der Waals surface area contributed by atoms with Gasteiger partial charge in [-0.25, -0.2) is 4.79 Å². The summed E-state index contributed by atoms with van der Waals surface area (Å²) in [6.45, 7) is 1.38. The van der Waals surface area contributed by atoms with Gasteiger partial charge in [0.2, 0.25) is 0 Å². The lowest BCUT2D eigenvalue weighted by Gasteiger charge is -2.62. The topological polar surface area (TPSA) is 69.6 Å².